The van der Waals surface area contributed by atoms with Crippen molar-refractivity contribution in [1.29, 1.82) is 0 Å². The van der Waals surface area contributed by atoms with Gasteiger partial charge in [-0.3, -0.25) is 10.1 Å². The van der Waals surface area contributed by atoms with Gasteiger partial charge in [0.2, 0.25) is 0 Å². The summed E-state index contributed by atoms with van der Waals surface area (Å²) in [6.45, 7) is 7.87. The molecule has 1 amide bonds. The summed E-state index contributed by atoms with van der Waals surface area (Å²) in [6.07, 6.45) is 0. The second-order valence-corrected chi connectivity index (χ2v) is 5.38. The van der Waals surface area contributed by atoms with Crippen LogP contribution in [-0.4, -0.2) is 10.9 Å². The molecular weight excluding hydrogens is 244 g/mol. The molecule has 3 nitrogen and oxygen atoms in total. The van der Waals surface area contributed by atoms with E-state index in [1.807, 2.05) is 45.2 Å². The smallest absolute Gasteiger partial charge is 0.257 e. The monoisotopic (exact) mass is 260 g/mol. The average Bonchev–Trinajstić information content (AvgIpc) is 2.62. The Morgan fingerprint density at radius 3 is 2.28 bits per heavy atom. The first kappa shape index (κ1) is 12.8. The third kappa shape index (κ3) is 2.59. The predicted octanol–water partition coefficient (Wildman–Crippen LogP) is 3.63. The SMILES string of the molecule is Cc1cc(C)c(C(=O)Nc2nc(C)cs2)c(C)c1. The number of anilines is 1. The largest absolute Gasteiger partial charge is 0.298 e. The summed E-state index contributed by atoms with van der Waals surface area (Å²) >= 11 is 1.44. The molecule has 4 heteroatoms. The number of carbonyl (C=O) groups is 1. The summed E-state index contributed by atoms with van der Waals surface area (Å²) in [5, 5.41) is 5.42. The van der Waals surface area contributed by atoms with Crippen LogP contribution in [0.3, 0.4) is 0 Å². The normalized spacial score (nSPS) is 10.4. The number of amides is 1. The molecule has 0 aliphatic rings. The Labute approximate surface area is 111 Å². The number of thiazole rings is 1. The fraction of sp³-hybridized carbons (Fsp3) is 0.286. The van der Waals surface area contributed by atoms with Gasteiger partial charge in [0.05, 0.1) is 5.69 Å². The molecule has 1 aromatic heterocycles. The molecule has 0 aliphatic heterocycles. The average molecular weight is 260 g/mol. The summed E-state index contributed by atoms with van der Waals surface area (Å²) in [4.78, 5) is 16.5. The molecule has 94 valence electrons. The lowest BCUT2D eigenvalue weighted by molar-refractivity contribution is 0.102. The van der Waals surface area contributed by atoms with Gasteiger partial charge in [-0.2, -0.15) is 0 Å². The number of nitrogens with zero attached hydrogens (tertiary/aromatic N) is 1. The van der Waals surface area contributed by atoms with Crippen LogP contribution in [0.4, 0.5) is 5.13 Å². The molecule has 0 saturated carbocycles. The van der Waals surface area contributed by atoms with Crippen molar-refractivity contribution in [3.63, 3.8) is 0 Å². The maximum Gasteiger partial charge on any atom is 0.257 e. The number of nitrogens with one attached hydrogen (secondary N) is 1. The van der Waals surface area contributed by atoms with E-state index >= 15 is 0 Å². The molecule has 0 spiro atoms. The summed E-state index contributed by atoms with van der Waals surface area (Å²) in [6, 6.07) is 4.05. The van der Waals surface area contributed by atoms with Gasteiger partial charge in [0.1, 0.15) is 0 Å². The third-order valence-electron chi connectivity index (χ3n) is 2.74. The van der Waals surface area contributed by atoms with Crippen LogP contribution in [0.25, 0.3) is 0 Å². The molecule has 0 atom stereocenters. The molecule has 1 heterocycles. The van der Waals surface area contributed by atoms with Crippen molar-refractivity contribution in [2.24, 2.45) is 0 Å². The summed E-state index contributed by atoms with van der Waals surface area (Å²) in [7, 11) is 0. The minimum Gasteiger partial charge on any atom is -0.298 e. The van der Waals surface area contributed by atoms with Crippen molar-refractivity contribution in [1.82, 2.24) is 4.98 Å². The van der Waals surface area contributed by atoms with E-state index in [4.69, 9.17) is 0 Å². The zero-order valence-corrected chi connectivity index (χ0v) is 11.8. The fourth-order valence-corrected chi connectivity index (χ4v) is 2.79. The molecule has 0 fully saturated rings. The molecule has 2 aromatic rings. The van der Waals surface area contributed by atoms with Crippen LogP contribution >= 0.6 is 11.3 Å². The lowest BCUT2D eigenvalue weighted by Gasteiger charge is -2.10. The number of carbonyl (C=O) groups excluding carboxylic acids is 1. The predicted molar refractivity (Wildman–Crippen MR) is 75.5 cm³/mol. The van der Waals surface area contributed by atoms with E-state index in [0.717, 1.165) is 22.4 Å². The molecule has 0 saturated heterocycles. The lowest BCUT2D eigenvalue weighted by atomic mass is 9.99. The van der Waals surface area contributed by atoms with Crippen LogP contribution in [0.15, 0.2) is 17.5 Å². The number of hydrogen-bond acceptors (Lipinski definition) is 3. The van der Waals surface area contributed by atoms with Gasteiger partial charge in [-0.05, 0) is 38.8 Å². The van der Waals surface area contributed by atoms with Crippen LogP contribution in [-0.2, 0) is 0 Å². The molecule has 1 N–H and O–H groups in total. The minimum absolute atomic E-state index is 0.0839. The van der Waals surface area contributed by atoms with Gasteiger partial charge in [0.25, 0.3) is 5.91 Å². The van der Waals surface area contributed by atoms with Crippen LogP contribution in [0.1, 0.15) is 32.7 Å². The van der Waals surface area contributed by atoms with Crippen LogP contribution in [0.2, 0.25) is 0 Å². The maximum absolute atomic E-state index is 12.2. The number of rotatable bonds is 2. The van der Waals surface area contributed by atoms with Gasteiger partial charge in [-0.25, -0.2) is 4.98 Å². The number of hydrogen-bond donors (Lipinski definition) is 1. The summed E-state index contributed by atoms with van der Waals surface area (Å²) < 4.78 is 0. The van der Waals surface area contributed by atoms with E-state index in [1.54, 1.807) is 0 Å². The minimum atomic E-state index is -0.0839. The Hall–Kier alpha value is -1.68. The van der Waals surface area contributed by atoms with E-state index < -0.39 is 0 Å². The zero-order chi connectivity index (χ0) is 13.3. The Morgan fingerprint density at radius 2 is 1.78 bits per heavy atom. The first-order valence-electron chi connectivity index (χ1n) is 5.78. The van der Waals surface area contributed by atoms with E-state index in [-0.39, 0.29) is 5.91 Å². The molecule has 1 aromatic carbocycles. The zero-order valence-electron chi connectivity index (χ0n) is 11.0. The highest BCUT2D eigenvalue weighted by Gasteiger charge is 2.14. The highest BCUT2D eigenvalue weighted by molar-refractivity contribution is 7.13. The molecule has 0 aliphatic carbocycles. The van der Waals surface area contributed by atoms with Crippen LogP contribution < -0.4 is 5.32 Å². The Bertz CT molecular complexity index is 579. The van der Waals surface area contributed by atoms with Crippen molar-refractivity contribution < 1.29 is 4.79 Å². The molecule has 0 unspecified atom stereocenters. The maximum atomic E-state index is 12.2. The Morgan fingerprint density at radius 1 is 1.17 bits per heavy atom. The Kier molecular flexibility index (Phi) is 3.48. The standard InChI is InChI=1S/C14H16N2OS/c1-8-5-9(2)12(10(3)6-8)13(17)16-14-15-11(4)7-18-14/h5-7H,1-4H3,(H,15,16,17). The van der Waals surface area contributed by atoms with E-state index in [9.17, 15) is 4.79 Å². The molecular formula is C14H16N2OS. The molecule has 2 rings (SSSR count). The second kappa shape index (κ2) is 4.90. The summed E-state index contributed by atoms with van der Waals surface area (Å²) in [5.74, 6) is -0.0839. The van der Waals surface area contributed by atoms with Crippen LogP contribution in [0.5, 0.6) is 0 Å². The lowest BCUT2D eigenvalue weighted by Crippen LogP contribution is -2.15. The van der Waals surface area contributed by atoms with Gasteiger partial charge >= 0.3 is 0 Å². The number of aromatic nitrogens is 1. The highest BCUT2D eigenvalue weighted by atomic mass is 32.1. The molecule has 18 heavy (non-hydrogen) atoms. The number of benzene rings is 1. The first-order chi connectivity index (χ1) is 8.47. The van der Waals surface area contributed by atoms with Gasteiger partial charge in [0, 0.05) is 10.9 Å². The van der Waals surface area contributed by atoms with Gasteiger partial charge in [-0.15, -0.1) is 11.3 Å². The number of aryl methyl sites for hydroxylation is 4. The Balaban J connectivity index is 2.29. The van der Waals surface area contributed by atoms with E-state index in [0.29, 0.717) is 5.13 Å². The molecule has 0 bridgehead atoms. The van der Waals surface area contributed by atoms with Gasteiger partial charge in [0.15, 0.2) is 5.13 Å². The quantitative estimate of drug-likeness (QED) is 0.896. The van der Waals surface area contributed by atoms with Crippen LogP contribution in [0, 0.1) is 27.7 Å². The topological polar surface area (TPSA) is 42.0 Å². The van der Waals surface area contributed by atoms with Crippen molar-refractivity contribution in [3.8, 4) is 0 Å². The third-order valence-corrected chi connectivity index (χ3v) is 3.62. The van der Waals surface area contributed by atoms with Crippen molar-refractivity contribution in [2.75, 3.05) is 5.32 Å². The first-order valence-corrected chi connectivity index (χ1v) is 6.66. The van der Waals surface area contributed by atoms with Crippen molar-refractivity contribution in [2.45, 2.75) is 27.7 Å². The fourth-order valence-electron chi connectivity index (χ4n) is 2.11. The van der Waals surface area contributed by atoms with E-state index in [2.05, 4.69) is 10.3 Å². The van der Waals surface area contributed by atoms with Gasteiger partial charge in [-0.1, -0.05) is 17.7 Å². The van der Waals surface area contributed by atoms with Crippen molar-refractivity contribution in [3.05, 3.63) is 45.5 Å². The van der Waals surface area contributed by atoms with Crippen molar-refractivity contribution >= 4 is 22.4 Å². The second-order valence-electron chi connectivity index (χ2n) is 4.52. The van der Waals surface area contributed by atoms with E-state index in [1.165, 1.54) is 16.9 Å². The summed E-state index contributed by atoms with van der Waals surface area (Å²) in [5.41, 5.74) is 4.84. The van der Waals surface area contributed by atoms with Gasteiger partial charge < -0.3 is 0 Å². The molecule has 0 radical (unpaired) electrons. The highest BCUT2D eigenvalue weighted by Crippen LogP contribution is 2.20.